The van der Waals surface area contributed by atoms with Crippen LogP contribution < -0.4 is 0 Å². The van der Waals surface area contributed by atoms with Gasteiger partial charge in [0.1, 0.15) is 0 Å². The van der Waals surface area contributed by atoms with Crippen LogP contribution in [0.15, 0.2) is 23.3 Å². The monoisotopic (exact) mass is 430 g/mol. The highest BCUT2D eigenvalue weighted by molar-refractivity contribution is 5.30. The second kappa shape index (κ2) is 10.6. The highest BCUT2D eigenvalue weighted by atomic mass is 16.5. The number of aliphatic hydroxyl groups excluding tert-OH is 1. The van der Waals surface area contributed by atoms with E-state index in [-0.39, 0.29) is 11.7 Å². The van der Waals surface area contributed by atoms with Crippen molar-refractivity contribution in [2.45, 2.75) is 124 Å². The van der Waals surface area contributed by atoms with Gasteiger partial charge in [-0.15, -0.1) is 0 Å². The fraction of sp³-hybridized carbons (Fsp3) is 0.862. The Balaban J connectivity index is 1.75. The molecule has 3 fully saturated rings. The molecule has 2 nitrogen and oxygen atoms in total. The molecule has 31 heavy (non-hydrogen) atoms. The number of rotatable bonds is 8. The minimum absolute atomic E-state index is 0.202. The van der Waals surface area contributed by atoms with Crippen molar-refractivity contribution in [2.75, 3.05) is 6.61 Å². The molecule has 0 spiro atoms. The van der Waals surface area contributed by atoms with Gasteiger partial charge in [-0.25, -0.2) is 0 Å². The minimum atomic E-state index is -0.211. The number of ether oxygens (including phenoxy) is 1. The quantitative estimate of drug-likeness (QED) is 0.424. The molecule has 6 atom stereocenters. The Morgan fingerprint density at radius 3 is 2.55 bits per heavy atom. The molecule has 0 radical (unpaired) electrons. The lowest BCUT2D eigenvalue weighted by molar-refractivity contribution is -0.0331. The molecule has 0 aromatic rings. The summed E-state index contributed by atoms with van der Waals surface area (Å²) in [5.41, 5.74) is 3.25. The minimum Gasteiger partial charge on any atom is -0.393 e. The maximum atomic E-state index is 10.3. The van der Waals surface area contributed by atoms with E-state index in [1.54, 1.807) is 5.57 Å². The number of hydrogen-bond donors (Lipinski definition) is 1. The Bertz CT molecular complexity index is 647. The van der Waals surface area contributed by atoms with E-state index in [2.05, 4.69) is 53.7 Å². The van der Waals surface area contributed by atoms with Crippen LogP contribution in [0.5, 0.6) is 0 Å². The van der Waals surface area contributed by atoms with Crippen LogP contribution in [0.1, 0.15) is 112 Å². The van der Waals surface area contributed by atoms with E-state index in [4.69, 9.17) is 4.74 Å². The smallest absolute Gasteiger partial charge is 0.0868 e. The van der Waals surface area contributed by atoms with Crippen molar-refractivity contribution in [3.05, 3.63) is 23.3 Å². The van der Waals surface area contributed by atoms with E-state index < -0.39 is 0 Å². The summed E-state index contributed by atoms with van der Waals surface area (Å²) < 4.78 is 6.17. The number of hydrogen-bond acceptors (Lipinski definition) is 2. The molecule has 0 heterocycles. The summed E-state index contributed by atoms with van der Waals surface area (Å²) in [6.07, 6.45) is 18.1. The van der Waals surface area contributed by atoms with E-state index in [1.807, 2.05) is 0 Å². The van der Waals surface area contributed by atoms with Gasteiger partial charge in [-0.05, 0) is 99.9 Å². The van der Waals surface area contributed by atoms with Gasteiger partial charge in [0.15, 0.2) is 0 Å². The molecule has 178 valence electrons. The van der Waals surface area contributed by atoms with Gasteiger partial charge in [-0.1, -0.05) is 64.7 Å². The first-order valence-electron chi connectivity index (χ1n) is 13.4. The zero-order valence-corrected chi connectivity index (χ0v) is 21.4. The first kappa shape index (κ1) is 25.0. The highest BCUT2D eigenvalue weighted by Crippen LogP contribution is 2.60. The number of aliphatic hydroxyl groups is 1. The van der Waals surface area contributed by atoms with Gasteiger partial charge in [0.05, 0.1) is 11.7 Å². The Hall–Kier alpha value is -0.600. The molecule has 1 N–H and O–H groups in total. The molecule has 0 saturated heterocycles. The van der Waals surface area contributed by atoms with Crippen molar-refractivity contribution in [1.82, 2.24) is 0 Å². The Kier molecular flexibility index (Phi) is 8.52. The van der Waals surface area contributed by atoms with Crippen molar-refractivity contribution in [3.8, 4) is 0 Å². The topological polar surface area (TPSA) is 29.5 Å². The lowest BCUT2D eigenvalue weighted by Crippen LogP contribution is -2.38. The van der Waals surface area contributed by atoms with E-state index in [0.29, 0.717) is 5.41 Å². The zero-order valence-electron chi connectivity index (χ0n) is 21.4. The average molecular weight is 431 g/mol. The third kappa shape index (κ3) is 5.67. The van der Waals surface area contributed by atoms with Crippen LogP contribution in [0.3, 0.4) is 0 Å². The van der Waals surface area contributed by atoms with Gasteiger partial charge in [0.2, 0.25) is 0 Å². The number of fused-ring (bicyclic) bond motifs is 1. The predicted molar refractivity (Wildman–Crippen MR) is 132 cm³/mol. The first-order valence-corrected chi connectivity index (χ1v) is 13.4. The molecule has 0 aromatic carbocycles. The zero-order chi connectivity index (χ0) is 22.6. The third-order valence-corrected chi connectivity index (χ3v) is 9.22. The standard InChI is InChI=1S/C29H50O2/c1-7-31-29(6)19-17-25(30)20-24(29)14-13-23-12-9-18-28(5)26(15-16-27(23)28)22(4)11-8-10-21(2)3/h13-14,21-22,25-27,30H,7-12,15-20H2,1-6H3/b23-13+,24-14+/t22-,25+,26-,27+,28-,29+/m1/s1. The number of allylic oxidation sites excluding steroid dienone is 3. The molecule has 0 aromatic heterocycles. The summed E-state index contributed by atoms with van der Waals surface area (Å²) in [7, 11) is 0. The lowest BCUT2D eigenvalue weighted by Gasteiger charge is -2.44. The van der Waals surface area contributed by atoms with Crippen LogP contribution in [-0.2, 0) is 4.74 Å². The predicted octanol–water partition coefficient (Wildman–Crippen LogP) is 7.86. The van der Waals surface area contributed by atoms with Crippen LogP contribution in [0.4, 0.5) is 0 Å². The summed E-state index contributed by atoms with van der Waals surface area (Å²) in [5.74, 6) is 3.31. The summed E-state index contributed by atoms with van der Waals surface area (Å²) in [6.45, 7) is 14.9. The Morgan fingerprint density at radius 2 is 1.84 bits per heavy atom. The maximum absolute atomic E-state index is 10.3. The van der Waals surface area contributed by atoms with Gasteiger partial charge in [-0.3, -0.25) is 0 Å². The van der Waals surface area contributed by atoms with Gasteiger partial charge >= 0.3 is 0 Å². The fourth-order valence-corrected chi connectivity index (χ4v) is 7.37. The lowest BCUT2D eigenvalue weighted by atomic mass is 9.60. The van der Waals surface area contributed by atoms with Crippen LogP contribution in [-0.4, -0.2) is 23.4 Å². The van der Waals surface area contributed by atoms with Crippen LogP contribution in [0.2, 0.25) is 0 Å². The highest BCUT2D eigenvalue weighted by Gasteiger charge is 2.50. The fourth-order valence-electron chi connectivity index (χ4n) is 7.37. The van der Waals surface area contributed by atoms with Crippen molar-refractivity contribution < 1.29 is 9.84 Å². The van der Waals surface area contributed by atoms with Crippen LogP contribution in [0, 0.1) is 29.1 Å². The summed E-state index contributed by atoms with van der Waals surface area (Å²) in [5, 5.41) is 10.3. The molecule has 0 bridgehead atoms. The Morgan fingerprint density at radius 1 is 1.06 bits per heavy atom. The van der Waals surface area contributed by atoms with Crippen LogP contribution in [0.25, 0.3) is 0 Å². The van der Waals surface area contributed by atoms with Crippen molar-refractivity contribution >= 4 is 0 Å². The second-order valence-corrected chi connectivity index (χ2v) is 11.9. The molecule has 3 rings (SSSR count). The molecule has 3 aliphatic carbocycles. The van der Waals surface area contributed by atoms with E-state index in [9.17, 15) is 5.11 Å². The normalized spacial score (nSPS) is 39.9. The molecule has 2 heteroatoms. The van der Waals surface area contributed by atoms with E-state index in [1.165, 1.54) is 56.9 Å². The van der Waals surface area contributed by atoms with Gasteiger partial charge in [-0.2, -0.15) is 0 Å². The first-order chi connectivity index (χ1) is 14.7. The summed E-state index contributed by atoms with van der Waals surface area (Å²) in [6, 6.07) is 0. The maximum Gasteiger partial charge on any atom is 0.0868 e. The molecular weight excluding hydrogens is 380 g/mol. The van der Waals surface area contributed by atoms with Gasteiger partial charge in [0.25, 0.3) is 0 Å². The third-order valence-electron chi connectivity index (χ3n) is 9.22. The largest absolute Gasteiger partial charge is 0.393 e. The molecule has 3 aliphatic rings. The van der Waals surface area contributed by atoms with Crippen molar-refractivity contribution in [3.63, 3.8) is 0 Å². The second-order valence-electron chi connectivity index (χ2n) is 11.9. The average Bonchev–Trinajstić information content (AvgIpc) is 3.06. The van der Waals surface area contributed by atoms with E-state index >= 15 is 0 Å². The Labute approximate surface area is 192 Å². The van der Waals surface area contributed by atoms with Crippen molar-refractivity contribution in [1.29, 1.82) is 0 Å². The van der Waals surface area contributed by atoms with E-state index in [0.717, 1.165) is 49.5 Å². The molecule has 0 aliphatic heterocycles. The molecule has 3 saturated carbocycles. The summed E-state index contributed by atoms with van der Waals surface area (Å²) in [4.78, 5) is 0. The van der Waals surface area contributed by atoms with Crippen LogP contribution >= 0.6 is 0 Å². The molecule has 0 unspecified atom stereocenters. The van der Waals surface area contributed by atoms with Gasteiger partial charge < -0.3 is 9.84 Å². The van der Waals surface area contributed by atoms with Crippen molar-refractivity contribution in [2.24, 2.45) is 29.1 Å². The van der Waals surface area contributed by atoms with Gasteiger partial charge in [0, 0.05) is 6.61 Å². The SMILES string of the molecule is CCO[C@@]1(C)CC[C@H](O)C/C1=C\C=C1/CCC[C@]2(C)[C@@H]([C@H](C)CCCC(C)C)CC[C@@H]12. The molecular formula is C29H50O2. The summed E-state index contributed by atoms with van der Waals surface area (Å²) >= 11 is 0. The molecule has 0 amide bonds.